The highest BCUT2D eigenvalue weighted by Gasteiger charge is 2.16. The zero-order valence-corrected chi connectivity index (χ0v) is 15.7. The van der Waals surface area contributed by atoms with E-state index in [0.717, 1.165) is 36.1 Å². The number of rotatable bonds is 7. The standard InChI is InChI=1S/C21H28N2O2/c1-16(8-12-20(24)25-21(2,3)4)7-10-19-11-9-18(15-23-19)17-6-5-13-22-14-17/h5-6,9,11,13-16H,7-8,10,12H2,1-4H3. The summed E-state index contributed by atoms with van der Waals surface area (Å²) in [6, 6.07) is 8.12. The van der Waals surface area contributed by atoms with Crippen LogP contribution in [0.5, 0.6) is 0 Å². The van der Waals surface area contributed by atoms with E-state index in [0.29, 0.717) is 12.3 Å². The minimum absolute atomic E-state index is 0.113. The molecule has 0 saturated carbocycles. The Balaban J connectivity index is 1.76. The van der Waals surface area contributed by atoms with Crippen molar-refractivity contribution in [3.63, 3.8) is 0 Å². The van der Waals surface area contributed by atoms with Crippen LogP contribution < -0.4 is 0 Å². The molecule has 0 saturated heterocycles. The number of esters is 1. The highest BCUT2D eigenvalue weighted by Crippen LogP contribution is 2.19. The van der Waals surface area contributed by atoms with Gasteiger partial charge in [0.2, 0.25) is 0 Å². The summed E-state index contributed by atoms with van der Waals surface area (Å²) in [6.45, 7) is 7.87. The Morgan fingerprint density at radius 2 is 1.88 bits per heavy atom. The largest absolute Gasteiger partial charge is 0.460 e. The van der Waals surface area contributed by atoms with E-state index in [1.54, 1.807) is 6.20 Å². The molecule has 0 aliphatic heterocycles. The van der Waals surface area contributed by atoms with Gasteiger partial charge in [-0.25, -0.2) is 0 Å². The molecule has 0 aliphatic rings. The molecular weight excluding hydrogens is 312 g/mol. The van der Waals surface area contributed by atoms with Crippen molar-refractivity contribution in [2.45, 2.75) is 59.0 Å². The van der Waals surface area contributed by atoms with E-state index in [1.807, 2.05) is 45.3 Å². The number of pyridine rings is 2. The van der Waals surface area contributed by atoms with E-state index in [9.17, 15) is 4.79 Å². The molecule has 2 aromatic rings. The fraction of sp³-hybridized carbons (Fsp3) is 0.476. The molecule has 0 N–H and O–H groups in total. The fourth-order valence-electron chi connectivity index (χ4n) is 2.57. The van der Waals surface area contributed by atoms with Crippen molar-refractivity contribution in [1.29, 1.82) is 0 Å². The van der Waals surface area contributed by atoms with E-state index in [2.05, 4.69) is 29.0 Å². The first-order valence-corrected chi connectivity index (χ1v) is 8.90. The Morgan fingerprint density at radius 3 is 2.48 bits per heavy atom. The lowest BCUT2D eigenvalue weighted by Crippen LogP contribution is -2.24. The topological polar surface area (TPSA) is 52.1 Å². The molecule has 2 heterocycles. The molecule has 1 atom stereocenters. The van der Waals surface area contributed by atoms with Crippen LogP contribution in [0.15, 0.2) is 42.9 Å². The number of aromatic nitrogens is 2. The van der Waals surface area contributed by atoms with Crippen molar-refractivity contribution >= 4 is 5.97 Å². The van der Waals surface area contributed by atoms with E-state index in [1.165, 1.54) is 0 Å². The lowest BCUT2D eigenvalue weighted by molar-refractivity contribution is -0.155. The number of hydrogen-bond acceptors (Lipinski definition) is 4. The van der Waals surface area contributed by atoms with E-state index >= 15 is 0 Å². The van der Waals surface area contributed by atoms with Gasteiger partial charge < -0.3 is 4.74 Å². The van der Waals surface area contributed by atoms with Gasteiger partial charge in [0.1, 0.15) is 5.60 Å². The third-order valence-electron chi connectivity index (χ3n) is 3.97. The van der Waals surface area contributed by atoms with Crippen molar-refractivity contribution in [3.8, 4) is 11.1 Å². The first kappa shape index (κ1) is 19.1. The van der Waals surface area contributed by atoms with Gasteiger partial charge >= 0.3 is 5.97 Å². The minimum atomic E-state index is -0.403. The number of nitrogens with zero attached hydrogens (tertiary/aromatic N) is 2. The molecule has 0 bridgehead atoms. The van der Waals surface area contributed by atoms with Gasteiger partial charge in [-0.05, 0) is 58.1 Å². The molecule has 0 amide bonds. The summed E-state index contributed by atoms with van der Waals surface area (Å²) < 4.78 is 5.35. The van der Waals surface area contributed by atoms with E-state index < -0.39 is 5.60 Å². The van der Waals surface area contributed by atoms with Gasteiger partial charge in [-0.15, -0.1) is 0 Å². The molecule has 2 rings (SSSR count). The predicted octanol–water partition coefficient (Wildman–Crippen LogP) is 4.83. The van der Waals surface area contributed by atoms with Crippen LogP contribution >= 0.6 is 0 Å². The van der Waals surface area contributed by atoms with Crippen molar-refractivity contribution < 1.29 is 9.53 Å². The summed E-state index contributed by atoms with van der Waals surface area (Å²) in [4.78, 5) is 20.5. The Morgan fingerprint density at radius 1 is 1.12 bits per heavy atom. The monoisotopic (exact) mass is 340 g/mol. The summed E-state index contributed by atoms with van der Waals surface area (Å²) in [5.74, 6) is 0.352. The van der Waals surface area contributed by atoms with Gasteiger partial charge in [0, 0.05) is 41.8 Å². The second-order valence-electron chi connectivity index (χ2n) is 7.55. The van der Waals surface area contributed by atoms with Gasteiger partial charge in [0.25, 0.3) is 0 Å². The summed E-state index contributed by atoms with van der Waals surface area (Å²) in [7, 11) is 0. The average Bonchev–Trinajstić information content (AvgIpc) is 2.58. The number of ether oxygens (including phenoxy) is 1. The number of carbonyl (C=O) groups is 1. The van der Waals surface area contributed by atoms with Crippen molar-refractivity contribution in [2.75, 3.05) is 0 Å². The Labute approximate surface area is 150 Å². The smallest absolute Gasteiger partial charge is 0.306 e. The molecule has 0 fully saturated rings. The SMILES string of the molecule is CC(CCC(=O)OC(C)(C)C)CCc1ccc(-c2cccnc2)cn1. The second-order valence-corrected chi connectivity index (χ2v) is 7.55. The second kappa shape index (κ2) is 8.75. The number of aryl methyl sites for hydroxylation is 1. The van der Waals surface area contributed by atoms with Crippen LogP contribution in [-0.4, -0.2) is 21.5 Å². The van der Waals surface area contributed by atoms with Gasteiger partial charge in [-0.1, -0.05) is 19.1 Å². The Kier molecular flexibility index (Phi) is 6.68. The summed E-state index contributed by atoms with van der Waals surface area (Å²) in [5, 5.41) is 0. The maximum atomic E-state index is 11.8. The first-order chi connectivity index (χ1) is 11.8. The van der Waals surface area contributed by atoms with Crippen LogP contribution in [0, 0.1) is 5.92 Å². The molecule has 2 aromatic heterocycles. The van der Waals surface area contributed by atoms with Crippen LogP contribution in [-0.2, 0) is 16.0 Å². The van der Waals surface area contributed by atoms with Crippen LogP contribution in [0.3, 0.4) is 0 Å². The first-order valence-electron chi connectivity index (χ1n) is 8.90. The van der Waals surface area contributed by atoms with Crippen molar-refractivity contribution in [3.05, 3.63) is 48.5 Å². The molecule has 25 heavy (non-hydrogen) atoms. The van der Waals surface area contributed by atoms with E-state index in [-0.39, 0.29) is 5.97 Å². The highest BCUT2D eigenvalue weighted by atomic mass is 16.6. The van der Waals surface area contributed by atoms with Gasteiger partial charge in [-0.3, -0.25) is 14.8 Å². The molecule has 0 aromatic carbocycles. The summed E-state index contributed by atoms with van der Waals surface area (Å²) in [5.41, 5.74) is 2.83. The lowest BCUT2D eigenvalue weighted by Gasteiger charge is -2.20. The zero-order valence-electron chi connectivity index (χ0n) is 15.7. The molecule has 0 aliphatic carbocycles. The minimum Gasteiger partial charge on any atom is -0.460 e. The predicted molar refractivity (Wildman–Crippen MR) is 100 cm³/mol. The summed E-state index contributed by atoms with van der Waals surface area (Å²) >= 11 is 0. The summed E-state index contributed by atoms with van der Waals surface area (Å²) in [6.07, 6.45) is 8.77. The van der Waals surface area contributed by atoms with Crippen molar-refractivity contribution in [2.24, 2.45) is 5.92 Å². The van der Waals surface area contributed by atoms with Gasteiger partial charge in [-0.2, -0.15) is 0 Å². The third-order valence-corrected chi connectivity index (χ3v) is 3.97. The fourth-order valence-corrected chi connectivity index (χ4v) is 2.57. The number of carbonyl (C=O) groups excluding carboxylic acids is 1. The molecule has 0 radical (unpaired) electrons. The van der Waals surface area contributed by atoms with Crippen LogP contribution in [0.2, 0.25) is 0 Å². The van der Waals surface area contributed by atoms with Crippen LogP contribution in [0.25, 0.3) is 11.1 Å². The Hall–Kier alpha value is -2.23. The zero-order chi connectivity index (χ0) is 18.3. The molecule has 134 valence electrons. The molecular formula is C21H28N2O2. The van der Waals surface area contributed by atoms with Crippen LogP contribution in [0.4, 0.5) is 0 Å². The van der Waals surface area contributed by atoms with E-state index in [4.69, 9.17) is 4.74 Å². The molecule has 1 unspecified atom stereocenters. The molecule has 4 nitrogen and oxygen atoms in total. The van der Waals surface area contributed by atoms with Crippen molar-refractivity contribution in [1.82, 2.24) is 9.97 Å². The number of hydrogen-bond donors (Lipinski definition) is 0. The van der Waals surface area contributed by atoms with Crippen LogP contribution in [0.1, 0.15) is 52.7 Å². The quantitative estimate of drug-likeness (QED) is 0.677. The molecule has 4 heteroatoms. The normalized spacial score (nSPS) is 12.6. The Bertz CT molecular complexity index is 661. The lowest BCUT2D eigenvalue weighted by atomic mass is 9.98. The average molecular weight is 340 g/mol. The maximum Gasteiger partial charge on any atom is 0.306 e. The van der Waals surface area contributed by atoms with Gasteiger partial charge in [0.15, 0.2) is 0 Å². The molecule has 0 spiro atoms. The highest BCUT2D eigenvalue weighted by molar-refractivity contribution is 5.69. The maximum absolute atomic E-state index is 11.8. The third kappa shape index (κ3) is 7.04. The van der Waals surface area contributed by atoms with Gasteiger partial charge in [0.05, 0.1) is 0 Å².